The third-order valence-corrected chi connectivity index (χ3v) is 4.07. The van der Waals surface area contributed by atoms with Crippen LogP contribution >= 0.6 is 11.3 Å². The normalized spacial score (nSPS) is 10.8. The lowest BCUT2D eigenvalue weighted by Gasteiger charge is -2.08. The van der Waals surface area contributed by atoms with Crippen molar-refractivity contribution in [2.45, 2.75) is 26.8 Å². The summed E-state index contributed by atoms with van der Waals surface area (Å²) in [6.07, 6.45) is 0. The smallest absolute Gasteiger partial charge is 0.349 e. The Labute approximate surface area is 121 Å². The Balaban J connectivity index is 2.08. The standard InChI is InChI=1S/C15H17NO3S/c1-9(2)16-13(17)8-19-15(18)14-10(3)11-6-4-5-7-12(11)20-14/h4-7,9H,8H2,1-3H3,(H,16,17). The number of hydrogen-bond donors (Lipinski definition) is 1. The summed E-state index contributed by atoms with van der Waals surface area (Å²) in [5, 5.41) is 3.73. The van der Waals surface area contributed by atoms with E-state index in [-0.39, 0.29) is 18.6 Å². The van der Waals surface area contributed by atoms with Gasteiger partial charge in [-0.25, -0.2) is 4.79 Å². The van der Waals surface area contributed by atoms with E-state index in [1.807, 2.05) is 45.0 Å². The van der Waals surface area contributed by atoms with E-state index >= 15 is 0 Å². The van der Waals surface area contributed by atoms with Gasteiger partial charge in [-0.1, -0.05) is 18.2 Å². The number of rotatable bonds is 4. The van der Waals surface area contributed by atoms with Crippen molar-refractivity contribution in [1.29, 1.82) is 0 Å². The number of amides is 1. The summed E-state index contributed by atoms with van der Waals surface area (Å²) in [6, 6.07) is 7.85. The van der Waals surface area contributed by atoms with Gasteiger partial charge in [0.2, 0.25) is 0 Å². The summed E-state index contributed by atoms with van der Waals surface area (Å²) in [6.45, 7) is 5.36. The Bertz CT molecular complexity index is 646. The molecule has 1 heterocycles. The van der Waals surface area contributed by atoms with Crippen LogP contribution in [-0.4, -0.2) is 24.5 Å². The van der Waals surface area contributed by atoms with Crippen LogP contribution in [0.5, 0.6) is 0 Å². The summed E-state index contributed by atoms with van der Waals surface area (Å²) < 4.78 is 6.11. The van der Waals surface area contributed by atoms with Crippen molar-refractivity contribution in [2.75, 3.05) is 6.61 Å². The lowest BCUT2D eigenvalue weighted by Crippen LogP contribution is -2.33. The molecule has 20 heavy (non-hydrogen) atoms. The summed E-state index contributed by atoms with van der Waals surface area (Å²) in [5.41, 5.74) is 0.903. The number of hydrogen-bond acceptors (Lipinski definition) is 4. The quantitative estimate of drug-likeness (QED) is 0.881. The fraction of sp³-hybridized carbons (Fsp3) is 0.333. The van der Waals surface area contributed by atoms with Crippen molar-refractivity contribution in [2.24, 2.45) is 0 Å². The number of benzene rings is 1. The van der Waals surface area contributed by atoms with Crippen LogP contribution in [0.25, 0.3) is 10.1 Å². The van der Waals surface area contributed by atoms with Crippen LogP contribution in [0.1, 0.15) is 29.1 Å². The monoisotopic (exact) mass is 291 g/mol. The lowest BCUT2D eigenvalue weighted by atomic mass is 10.1. The molecule has 0 aliphatic carbocycles. The molecule has 0 atom stereocenters. The molecule has 0 bridgehead atoms. The second kappa shape index (κ2) is 6.05. The topological polar surface area (TPSA) is 55.4 Å². The highest BCUT2D eigenvalue weighted by Gasteiger charge is 2.17. The molecule has 0 saturated carbocycles. The first-order valence-electron chi connectivity index (χ1n) is 6.43. The average Bonchev–Trinajstić information content (AvgIpc) is 2.73. The van der Waals surface area contributed by atoms with E-state index in [0.717, 1.165) is 15.6 Å². The Hall–Kier alpha value is -1.88. The number of aryl methyl sites for hydroxylation is 1. The van der Waals surface area contributed by atoms with Gasteiger partial charge >= 0.3 is 5.97 Å². The number of thiophene rings is 1. The van der Waals surface area contributed by atoms with Crippen LogP contribution in [0.3, 0.4) is 0 Å². The van der Waals surface area contributed by atoms with Gasteiger partial charge in [0.25, 0.3) is 5.91 Å². The van der Waals surface area contributed by atoms with Crippen LogP contribution in [0.4, 0.5) is 0 Å². The van der Waals surface area contributed by atoms with Gasteiger partial charge < -0.3 is 10.1 Å². The Morgan fingerprint density at radius 3 is 2.65 bits per heavy atom. The van der Waals surface area contributed by atoms with Gasteiger partial charge in [0, 0.05) is 10.7 Å². The lowest BCUT2D eigenvalue weighted by molar-refractivity contribution is -0.124. The molecule has 0 aliphatic heterocycles. The first-order chi connectivity index (χ1) is 9.49. The Kier molecular flexibility index (Phi) is 4.39. The first-order valence-corrected chi connectivity index (χ1v) is 7.25. The fourth-order valence-electron chi connectivity index (χ4n) is 1.93. The third-order valence-electron chi connectivity index (χ3n) is 2.81. The summed E-state index contributed by atoms with van der Waals surface area (Å²) in [4.78, 5) is 24.1. The van der Waals surface area contributed by atoms with Crippen molar-refractivity contribution in [3.05, 3.63) is 34.7 Å². The van der Waals surface area contributed by atoms with Gasteiger partial charge in [-0.05, 0) is 37.8 Å². The van der Waals surface area contributed by atoms with Gasteiger partial charge in [0.15, 0.2) is 6.61 Å². The van der Waals surface area contributed by atoms with Gasteiger partial charge in [-0.15, -0.1) is 11.3 Å². The number of fused-ring (bicyclic) bond motifs is 1. The maximum absolute atomic E-state index is 12.0. The number of carbonyl (C=O) groups excluding carboxylic acids is 2. The molecule has 0 radical (unpaired) electrons. The zero-order valence-corrected chi connectivity index (χ0v) is 12.5. The summed E-state index contributed by atoms with van der Waals surface area (Å²) in [5.74, 6) is -0.727. The average molecular weight is 291 g/mol. The molecule has 106 valence electrons. The zero-order valence-electron chi connectivity index (χ0n) is 11.7. The van der Waals surface area contributed by atoms with Crippen LogP contribution in [0, 0.1) is 6.92 Å². The minimum atomic E-state index is -0.442. The molecule has 1 amide bonds. The van der Waals surface area contributed by atoms with Gasteiger partial charge in [0.1, 0.15) is 4.88 Å². The van der Waals surface area contributed by atoms with Gasteiger partial charge in [0.05, 0.1) is 0 Å². The molecule has 2 aromatic rings. The molecular formula is C15H17NO3S. The Morgan fingerprint density at radius 2 is 2.00 bits per heavy atom. The van der Waals surface area contributed by atoms with Crippen molar-refractivity contribution < 1.29 is 14.3 Å². The number of carbonyl (C=O) groups is 2. The molecular weight excluding hydrogens is 274 g/mol. The van der Waals surface area contributed by atoms with Crippen LogP contribution in [-0.2, 0) is 9.53 Å². The molecule has 1 aromatic carbocycles. The second-order valence-corrected chi connectivity index (χ2v) is 5.90. The van der Waals surface area contributed by atoms with Crippen LogP contribution in [0.2, 0.25) is 0 Å². The molecule has 0 fully saturated rings. The molecule has 0 unspecified atom stereocenters. The predicted molar refractivity (Wildman–Crippen MR) is 80.1 cm³/mol. The number of esters is 1. The van der Waals surface area contributed by atoms with Crippen molar-refractivity contribution >= 4 is 33.3 Å². The molecule has 5 heteroatoms. The van der Waals surface area contributed by atoms with Crippen LogP contribution < -0.4 is 5.32 Å². The molecule has 1 N–H and O–H groups in total. The number of ether oxygens (including phenoxy) is 1. The summed E-state index contributed by atoms with van der Waals surface area (Å²) >= 11 is 1.39. The van der Waals surface area contributed by atoms with E-state index < -0.39 is 5.97 Å². The predicted octanol–water partition coefficient (Wildman–Crippen LogP) is 2.89. The highest BCUT2D eigenvalue weighted by Crippen LogP contribution is 2.30. The summed E-state index contributed by atoms with van der Waals surface area (Å²) in [7, 11) is 0. The van der Waals surface area contributed by atoms with E-state index in [9.17, 15) is 9.59 Å². The molecule has 0 spiro atoms. The minimum absolute atomic E-state index is 0.0345. The second-order valence-electron chi connectivity index (χ2n) is 4.85. The maximum atomic E-state index is 12.0. The van der Waals surface area contributed by atoms with E-state index in [1.165, 1.54) is 11.3 Å². The van der Waals surface area contributed by atoms with E-state index in [2.05, 4.69) is 5.32 Å². The van der Waals surface area contributed by atoms with E-state index in [4.69, 9.17) is 4.74 Å². The van der Waals surface area contributed by atoms with Crippen LogP contribution in [0.15, 0.2) is 24.3 Å². The minimum Gasteiger partial charge on any atom is -0.451 e. The zero-order chi connectivity index (χ0) is 14.7. The highest BCUT2D eigenvalue weighted by molar-refractivity contribution is 7.21. The number of nitrogens with one attached hydrogen (secondary N) is 1. The largest absolute Gasteiger partial charge is 0.451 e. The third kappa shape index (κ3) is 3.17. The first kappa shape index (κ1) is 14.5. The van der Waals surface area contributed by atoms with Crippen molar-refractivity contribution in [1.82, 2.24) is 5.32 Å². The molecule has 0 aliphatic rings. The van der Waals surface area contributed by atoms with Gasteiger partial charge in [-0.2, -0.15) is 0 Å². The van der Waals surface area contributed by atoms with E-state index in [0.29, 0.717) is 4.88 Å². The molecule has 4 nitrogen and oxygen atoms in total. The van der Waals surface area contributed by atoms with Crippen molar-refractivity contribution in [3.8, 4) is 0 Å². The SMILES string of the molecule is Cc1c(C(=O)OCC(=O)NC(C)C)sc2ccccc12. The van der Waals surface area contributed by atoms with Crippen molar-refractivity contribution in [3.63, 3.8) is 0 Å². The fourth-order valence-corrected chi connectivity index (χ4v) is 3.03. The molecule has 2 rings (SSSR count). The van der Waals surface area contributed by atoms with E-state index in [1.54, 1.807) is 0 Å². The van der Waals surface area contributed by atoms with Gasteiger partial charge in [-0.3, -0.25) is 4.79 Å². The maximum Gasteiger partial charge on any atom is 0.349 e. The molecule has 1 aromatic heterocycles. The highest BCUT2D eigenvalue weighted by atomic mass is 32.1. The molecule has 0 saturated heterocycles. The Morgan fingerprint density at radius 1 is 1.30 bits per heavy atom.